The Morgan fingerprint density at radius 2 is 2.07 bits per heavy atom. The van der Waals surface area contributed by atoms with E-state index in [1.54, 1.807) is 22.8 Å². The molecule has 158 valence electrons. The summed E-state index contributed by atoms with van der Waals surface area (Å²) in [6.45, 7) is 2.90. The first kappa shape index (κ1) is 21.9. The van der Waals surface area contributed by atoms with Crippen LogP contribution in [-0.2, 0) is 24.5 Å². The van der Waals surface area contributed by atoms with Crippen molar-refractivity contribution in [1.82, 2.24) is 9.78 Å². The van der Waals surface area contributed by atoms with Crippen molar-refractivity contribution in [2.24, 2.45) is 7.05 Å². The third-order valence-corrected chi connectivity index (χ3v) is 6.57. The highest BCUT2D eigenvalue weighted by molar-refractivity contribution is 7.99. The first-order valence-corrected chi connectivity index (χ1v) is 12.7. The first-order valence-electron chi connectivity index (χ1n) is 10.2. The molecule has 0 saturated carbocycles. The van der Waals surface area contributed by atoms with Gasteiger partial charge in [-0.05, 0) is 42.4 Å². The summed E-state index contributed by atoms with van der Waals surface area (Å²) in [5.74, 6) is 1.40. The summed E-state index contributed by atoms with van der Waals surface area (Å²) in [6, 6.07) is 6.40. The summed E-state index contributed by atoms with van der Waals surface area (Å²) in [5.41, 5.74) is 2.63. The number of nitrogens with one attached hydrogen (secondary N) is 1. The maximum atomic E-state index is 13.1. The number of unbranched alkanes of at least 4 members (excludes halogenated alkanes) is 4. The van der Waals surface area contributed by atoms with Crippen molar-refractivity contribution in [2.45, 2.75) is 50.3 Å². The zero-order valence-electron chi connectivity index (χ0n) is 17.4. The van der Waals surface area contributed by atoms with Crippen LogP contribution >= 0.6 is 11.8 Å². The quantitative estimate of drug-likeness (QED) is 0.445. The van der Waals surface area contributed by atoms with Crippen LogP contribution in [0.25, 0.3) is 0 Å². The van der Waals surface area contributed by atoms with Gasteiger partial charge in [-0.3, -0.25) is 14.2 Å². The van der Waals surface area contributed by atoms with Gasteiger partial charge in [-0.25, -0.2) is 4.21 Å². The maximum absolute atomic E-state index is 13.1. The second-order valence-corrected chi connectivity index (χ2v) is 9.66. The fraction of sp³-hybridized carbons (Fsp3) is 0.524. The average molecular weight is 435 g/mol. The first-order chi connectivity index (χ1) is 14.0. The number of rotatable bonds is 10. The van der Waals surface area contributed by atoms with Crippen LogP contribution in [0.2, 0.25) is 0 Å². The lowest BCUT2D eigenvalue weighted by molar-refractivity contribution is 0.0990. The Morgan fingerprint density at radius 3 is 2.83 bits per heavy atom. The van der Waals surface area contributed by atoms with Crippen molar-refractivity contribution in [2.75, 3.05) is 28.2 Å². The molecule has 0 spiro atoms. The van der Waals surface area contributed by atoms with Crippen LogP contribution in [0, 0.1) is 0 Å². The highest BCUT2D eigenvalue weighted by atomic mass is 32.2. The number of aryl methyl sites for hydroxylation is 1. The van der Waals surface area contributed by atoms with Crippen molar-refractivity contribution in [3.63, 3.8) is 0 Å². The van der Waals surface area contributed by atoms with Gasteiger partial charge in [0.2, 0.25) is 0 Å². The molecule has 8 heteroatoms. The summed E-state index contributed by atoms with van der Waals surface area (Å²) in [6.07, 6.45) is 10.6. The summed E-state index contributed by atoms with van der Waals surface area (Å²) in [5, 5.41) is 4.24. The third kappa shape index (κ3) is 5.63. The van der Waals surface area contributed by atoms with Gasteiger partial charge >= 0.3 is 0 Å². The Hall–Kier alpha value is -1.80. The SMILES string of the molecule is CCCCCCCSc1ccc2c(c1)CCN2C(=O)c1cn(C)nc1NS(C)=O. The number of fused-ring (bicyclic) bond motifs is 1. The molecule has 1 aromatic carbocycles. The van der Waals surface area contributed by atoms with Crippen LogP contribution in [0.5, 0.6) is 0 Å². The van der Waals surface area contributed by atoms with Crippen molar-refractivity contribution in [3.05, 3.63) is 35.5 Å². The number of benzene rings is 1. The number of amides is 1. The van der Waals surface area contributed by atoms with E-state index in [2.05, 4.69) is 34.9 Å². The molecule has 29 heavy (non-hydrogen) atoms. The number of aromatic nitrogens is 2. The normalized spacial score (nSPS) is 14.1. The maximum Gasteiger partial charge on any atom is 0.263 e. The predicted octanol–water partition coefficient (Wildman–Crippen LogP) is 4.39. The molecule has 1 aliphatic rings. The molecular formula is C21H30N4O2S2. The smallest absolute Gasteiger partial charge is 0.263 e. The average Bonchev–Trinajstić information content (AvgIpc) is 3.26. The summed E-state index contributed by atoms with van der Waals surface area (Å²) < 4.78 is 15.9. The topological polar surface area (TPSA) is 67.2 Å². The monoisotopic (exact) mass is 434 g/mol. The molecule has 1 unspecified atom stereocenters. The Balaban J connectivity index is 1.65. The largest absolute Gasteiger partial charge is 0.308 e. The standard InChI is InChI=1S/C21H30N4O2S2/c1-4-5-6-7-8-13-28-17-9-10-19-16(14-17)11-12-25(19)21(26)18-15-24(2)22-20(18)23-29(3)27/h9-10,14-15H,4-8,11-13H2,1-3H3,(H,22,23). The molecule has 0 fully saturated rings. The summed E-state index contributed by atoms with van der Waals surface area (Å²) in [7, 11) is 0.469. The second kappa shape index (κ2) is 10.3. The molecule has 0 saturated heterocycles. The van der Waals surface area contributed by atoms with E-state index in [0.717, 1.165) is 17.9 Å². The van der Waals surface area contributed by atoms with Gasteiger partial charge in [0, 0.05) is 36.6 Å². The highest BCUT2D eigenvalue weighted by Crippen LogP contribution is 2.34. The predicted molar refractivity (Wildman–Crippen MR) is 122 cm³/mol. The van der Waals surface area contributed by atoms with Gasteiger partial charge < -0.3 is 4.90 Å². The number of hydrogen-bond acceptors (Lipinski definition) is 4. The van der Waals surface area contributed by atoms with Crippen LogP contribution in [0.15, 0.2) is 29.3 Å². The molecule has 3 rings (SSSR count). The molecule has 0 aliphatic carbocycles. The molecule has 1 aliphatic heterocycles. The van der Waals surface area contributed by atoms with Gasteiger partial charge in [0.1, 0.15) is 16.5 Å². The number of hydrogen-bond donors (Lipinski definition) is 1. The molecule has 1 aromatic heterocycles. The van der Waals surface area contributed by atoms with E-state index in [-0.39, 0.29) is 5.91 Å². The lowest BCUT2D eigenvalue weighted by Gasteiger charge is -2.17. The molecular weight excluding hydrogens is 404 g/mol. The molecule has 0 radical (unpaired) electrons. The number of anilines is 2. The van der Waals surface area contributed by atoms with Gasteiger partial charge in [-0.2, -0.15) is 5.10 Å². The van der Waals surface area contributed by atoms with Crippen molar-refractivity contribution in [1.29, 1.82) is 0 Å². The van der Waals surface area contributed by atoms with E-state index in [9.17, 15) is 9.00 Å². The molecule has 1 N–H and O–H groups in total. The summed E-state index contributed by atoms with van der Waals surface area (Å²) >= 11 is 1.90. The Kier molecular flexibility index (Phi) is 7.77. The molecule has 6 nitrogen and oxygen atoms in total. The summed E-state index contributed by atoms with van der Waals surface area (Å²) in [4.78, 5) is 16.2. The van der Waals surface area contributed by atoms with E-state index in [0.29, 0.717) is 17.9 Å². The molecule has 0 bridgehead atoms. The lowest BCUT2D eigenvalue weighted by atomic mass is 10.2. The Bertz CT molecular complexity index is 882. The van der Waals surface area contributed by atoms with E-state index in [1.807, 2.05) is 11.8 Å². The van der Waals surface area contributed by atoms with Gasteiger partial charge in [-0.1, -0.05) is 32.6 Å². The van der Waals surface area contributed by atoms with E-state index in [1.165, 1.54) is 48.8 Å². The van der Waals surface area contributed by atoms with Gasteiger partial charge in [0.05, 0.1) is 0 Å². The zero-order valence-corrected chi connectivity index (χ0v) is 19.1. The third-order valence-electron chi connectivity index (χ3n) is 5.01. The minimum atomic E-state index is -1.29. The van der Waals surface area contributed by atoms with Crippen molar-refractivity contribution >= 4 is 40.2 Å². The van der Waals surface area contributed by atoms with Crippen LogP contribution < -0.4 is 9.62 Å². The molecule has 2 aromatic rings. The van der Waals surface area contributed by atoms with Crippen molar-refractivity contribution in [3.8, 4) is 0 Å². The van der Waals surface area contributed by atoms with E-state index >= 15 is 0 Å². The van der Waals surface area contributed by atoms with E-state index in [4.69, 9.17) is 0 Å². The van der Waals surface area contributed by atoms with E-state index < -0.39 is 11.0 Å². The number of nitrogens with zero attached hydrogens (tertiary/aromatic N) is 3. The number of carbonyl (C=O) groups is 1. The Labute approximate surface area is 180 Å². The van der Waals surface area contributed by atoms with Gasteiger partial charge in [0.25, 0.3) is 5.91 Å². The fourth-order valence-electron chi connectivity index (χ4n) is 3.58. The lowest BCUT2D eigenvalue weighted by Crippen LogP contribution is -2.29. The minimum absolute atomic E-state index is 0.110. The number of carbonyl (C=O) groups excluding carboxylic acids is 1. The highest BCUT2D eigenvalue weighted by Gasteiger charge is 2.29. The van der Waals surface area contributed by atoms with Crippen LogP contribution in [0.4, 0.5) is 11.5 Å². The van der Waals surface area contributed by atoms with Crippen LogP contribution in [0.1, 0.15) is 54.9 Å². The fourth-order valence-corrected chi connectivity index (χ4v) is 4.97. The molecule has 2 heterocycles. The molecule has 1 amide bonds. The second-order valence-electron chi connectivity index (χ2n) is 7.38. The number of thioether (sulfide) groups is 1. The minimum Gasteiger partial charge on any atom is -0.308 e. The van der Waals surface area contributed by atoms with Crippen LogP contribution in [-0.4, -0.2) is 38.4 Å². The van der Waals surface area contributed by atoms with Crippen molar-refractivity contribution < 1.29 is 9.00 Å². The van der Waals surface area contributed by atoms with Gasteiger partial charge in [0.15, 0.2) is 5.82 Å². The Morgan fingerprint density at radius 1 is 1.28 bits per heavy atom. The molecule has 1 atom stereocenters. The zero-order chi connectivity index (χ0) is 20.8. The van der Waals surface area contributed by atoms with Crippen LogP contribution in [0.3, 0.4) is 0 Å². The van der Waals surface area contributed by atoms with Gasteiger partial charge in [-0.15, -0.1) is 11.8 Å².